The fourth-order valence-electron chi connectivity index (χ4n) is 3.19. The Kier molecular flexibility index (Phi) is 6.73. The smallest absolute Gasteiger partial charge is 0.283 e. The zero-order valence-electron chi connectivity index (χ0n) is 16.9. The zero-order chi connectivity index (χ0) is 20.8. The highest BCUT2D eigenvalue weighted by molar-refractivity contribution is 7.16. The van der Waals surface area contributed by atoms with Crippen molar-refractivity contribution in [2.45, 2.75) is 32.7 Å². The third kappa shape index (κ3) is 4.36. The van der Waals surface area contributed by atoms with Gasteiger partial charge in [-0.25, -0.2) is 0 Å². The van der Waals surface area contributed by atoms with Crippen LogP contribution in [0.25, 0.3) is 10.2 Å². The molecule has 6 heteroatoms. The Bertz CT molecular complexity index is 1140. The molecule has 0 aliphatic carbocycles. The molecule has 1 amide bonds. The average molecular weight is 409 g/mol. The number of aromatic nitrogens is 1. The number of rotatable bonds is 7. The first kappa shape index (κ1) is 20.7. The lowest BCUT2D eigenvalue weighted by atomic mass is 10.1. The molecule has 0 N–H and O–H groups in total. The molecule has 1 heterocycles. The van der Waals surface area contributed by atoms with E-state index in [0.29, 0.717) is 28.4 Å². The highest BCUT2D eigenvalue weighted by Gasteiger charge is 2.17. The van der Waals surface area contributed by atoms with Crippen molar-refractivity contribution in [1.29, 1.82) is 0 Å². The van der Waals surface area contributed by atoms with Crippen LogP contribution in [-0.2, 0) is 13.0 Å². The van der Waals surface area contributed by atoms with Crippen LogP contribution in [0.15, 0.2) is 41.4 Å². The van der Waals surface area contributed by atoms with Crippen molar-refractivity contribution >= 4 is 27.5 Å². The summed E-state index contributed by atoms with van der Waals surface area (Å²) in [5.74, 6) is 3.12. The van der Waals surface area contributed by atoms with Crippen LogP contribution in [0, 0.1) is 12.3 Å². The number of unbranched alkanes of at least 4 members (excludes halogenated alkanes) is 1. The number of aryl methyl sites for hydroxylation is 1. The Morgan fingerprint density at radius 1 is 1.24 bits per heavy atom. The van der Waals surface area contributed by atoms with Gasteiger partial charge in [0.05, 0.1) is 36.5 Å². The molecule has 1 aromatic heterocycles. The Morgan fingerprint density at radius 2 is 2.07 bits per heavy atom. The first-order valence-electron chi connectivity index (χ1n) is 9.48. The molecule has 0 bridgehead atoms. The number of terminal acetylenes is 1. The number of hydrogen-bond acceptors (Lipinski definition) is 4. The zero-order valence-corrected chi connectivity index (χ0v) is 17.7. The van der Waals surface area contributed by atoms with E-state index < -0.39 is 5.91 Å². The number of benzene rings is 2. The van der Waals surface area contributed by atoms with Gasteiger partial charge in [-0.05, 0) is 42.7 Å². The lowest BCUT2D eigenvalue weighted by molar-refractivity contribution is 0.0994. The van der Waals surface area contributed by atoms with Crippen LogP contribution in [0.4, 0.5) is 0 Å². The maximum Gasteiger partial charge on any atom is 0.283 e. The minimum absolute atomic E-state index is 0.343. The van der Waals surface area contributed by atoms with E-state index >= 15 is 0 Å². The first-order chi connectivity index (χ1) is 14.1. The number of para-hydroxylation sites is 1. The molecule has 3 aromatic rings. The lowest BCUT2D eigenvalue weighted by Gasteiger charge is -2.09. The Hall–Kier alpha value is -3.04. The van der Waals surface area contributed by atoms with E-state index in [1.165, 1.54) is 31.1 Å². The van der Waals surface area contributed by atoms with Gasteiger partial charge in [0.25, 0.3) is 5.91 Å². The molecule has 3 rings (SSSR count). The molecular weight excluding hydrogens is 384 g/mol. The molecule has 0 radical (unpaired) electrons. The number of carbonyl (C=O) groups is 1. The van der Waals surface area contributed by atoms with Crippen LogP contribution < -0.4 is 14.3 Å². The van der Waals surface area contributed by atoms with Crippen molar-refractivity contribution < 1.29 is 14.3 Å². The summed E-state index contributed by atoms with van der Waals surface area (Å²) in [5, 5.41) is 0. The molecule has 5 nitrogen and oxygen atoms in total. The summed E-state index contributed by atoms with van der Waals surface area (Å²) in [6, 6.07) is 11.5. The van der Waals surface area contributed by atoms with Crippen molar-refractivity contribution in [3.8, 4) is 23.8 Å². The summed E-state index contributed by atoms with van der Waals surface area (Å²) in [6.07, 6.45) is 8.90. The predicted molar refractivity (Wildman–Crippen MR) is 117 cm³/mol. The van der Waals surface area contributed by atoms with Crippen LogP contribution in [0.3, 0.4) is 0 Å². The van der Waals surface area contributed by atoms with E-state index in [-0.39, 0.29) is 0 Å². The average Bonchev–Trinajstić information content (AvgIpc) is 3.07. The van der Waals surface area contributed by atoms with Gasteiger partial charge in [-0.2, -0.15) is 4.99 Å². The Balaban J connectivity index is 2.10. The second kappa shape index (κ2) is 9.44. The third-order valence-electron chi connectivity index (χ3n) is 4.65. The highest BCUT2D eigenvalue weighted by atomic mass is 32.1. The van der Waals surface area contributed by atoms with Gasteiger partial charge in [0, 0.05) is 0 Å². The van der Waals surface area contributed by atoms with E-state index in [2.05, 4.69) is 36.0 Å². The van der Waals surface area contributed by atoms with Crippen molar-refractivity contribution in [2.24, 2.45) is 4.99 Å². The fraction of sp³-hybridized carbons (Fsp3) is 0.304. The second-order valence-corrected chi connectivity index (χ2v) is 7.55. The maximum absolute atomic E-state index is 12.9. The number of amides is 1. The Labute approximate surface area is 174 Å². The predicted octanol–water partition coefficient (Wildman–Crippen LogP) is 4.44. The van der Waals surface area contributed by atoms with Gasteiger partial charge in [-0.1, -0.05) is 42.7 Å². The summed E-state index contributed by atoms with van der Waals surface area (Å²) in [6.45, 7) is 2.52. The number of hydrogen-bond donors (Lipinski definition) is 0. The van der Waals surface area contributed by atoms with Gasteiger partial charge in [-0.15, -0.1) is 6.42 Å². The fourth-order valence-corrected chi connectivity index (χ4v) is 4.28. The van der Waals surface area contributed by atoms with Crippen LogP contribution >= 0.6 is 11.3 Å². The largest absolute Gasteiger partial charge is 0.493 e. The number of nitrogens with zero attached hydrogens (tertiary/aromatic N) is 2. The van der Waals surface area contributed by atoms with Gasteiger partial charge < -0.3 is 14.0 Å². The molecule has 29 heavy (non-hydrogen) atoms. The molecule has 0 saturated carbocycles. The molecule has 0 spiro atoms. The SMILES string of the molecule is C#CCn1c(=NC(=O)c2cccc(OC)c2OC)sc2cc(CCCC)ccc21. The quantitative estimate of drug-likeness (QED) is 0.543. The first-order valence-corrected chi connectivity index (χ1v) is 10.3. The number of carbonyl (C=O) groups excluding carboxylic acids is 1. The van der Waals surface area contributed by atoms with Crippen LogP contribution in [-0.4, -0.2) is 24.7 Å². The van der Waals surface area contributed by atoms with E-state index in [9.17, 15) is 4.79 Å². The minimum Gasteiger partial charge on any atom is -0.493 e. The van der Waals surface area contributed by atoms with Gasteiger partial charge in [-0.3, -0.25) is 4.79 Å². The summed E-state index contributed by atoms with van der Waals surface area (Å²) in [5.41, 5.74) is 2.61. The lowest BCUT2D eigenvalue weighted by Crippen LogP contribution is -2.16. The molecular formula is C23H24N2O3S. The van der Waals surface area contributed by atoms with Gasteiger partial charge in [0.15, 0.2) is 16.3 Å². The van der Waals surface area contributed by atoms with E-state index in [1.807, 2.05) is 4.57 Å². The second-order valence-electron chi connectivity index (χ2n) is 6.54. The molecule has 0 aliphatic rings. The molecule has 0 atom stereocenters. The Morgan fingerprint density at radius 3 is 2.76 bits per heavy atom. The standard InChI is InChI=1S/C23H24N2O3S/c1-5-7-9-16-12-13-18-20(15-16)29-23(25(18)14-6-2)24-22(26)17-10-8-11-19(27-3)21(17)28-4/h2,8,10-13,15H,5,7,9,14H2,1,3-4H3. The third-order valence-corrected chi connectivity index (χ3v) is 5.69. The minimum atomic E-state index is -0.399. The monoisotopic (exact) mass is 408 g/mol. The molecule has 0 fully saturated rings. The van der Waals surface area contributed by atoms with Crippen LogP contribution in [0.2, 0.25) is 0 Å². The number of fused-ring (bicyclic) bond motifs is 1. The van der Waals surface area contributed by atoms with Gasteiger partial charge in [0.1, 0.15) is 0 Å². The number of ether oxygens (including phenoxy) is 2. The maximum atomic E-state index is 12.9. The van der Waals surface area contributed by atoms with Gasteiger partial charge in [0.2, 0.25) is 0 Å². The number of methoxy groups -OCH3 is 2. The molecule has 0 saturated heterocycles. The summed E-state index contributed by atoms with van der Waals surface area (Å²) in [4.78, 5) is 17.9. The highest BCUT2D eigenvalue weighted by Crippen LogP contribution is 2.31. The van der Waals surface area contributed by atoms with E-state index in [1.54, 1.807) is 18.2 Å². The van der Waals surface area contributed by atoms with Crippen molar-refractivity contribution in [1.82, 2.24) is 4.57 Å². The van der Waals surface area contributed by atoms with Gasteiger partial charge >= 0.3 is 0 Å². The normalized spacial score (nSPS) is 11.4. The molecule has 150 valence electrons. The van der Waals surface area contributed by atoms with Crippen LogP contribution in [0.1, 0.15) is 35.7 Å². The summed E-state index contributed by atoms with van der Waals surface area (Å²) in [7, 11) is 3.04. The van der Waals surface area contributed by atoms with Crippen molar-refractivity contribution in [3.05, 3.63) is 52.3 Å². The summed E-state index contributed by atoms with van der Waals surface area (Å²) < 4.78 is 13.6. The molecule has 0 unspecified atom stereocenters. The summed E-state index contributed by atoms with van der Waals surface area (Å²) >= 11 is 1.47. The van der Waals surface area contributed by atoms with E-state index in [4.69, 9.17) is 15.9 Å². The topological polar surface area (TPSA) is 52.8 Å². The number of thiazole rings is 1. The van der Waals surface area contributed by atoms with Crippen LogP contribution in [0.5, 0.6) is 11.5 Å². The van der Waals surface area contributed by atoms with Crippen molar-refractivity contribution in [3.63, 3.8) is 0 Å². The molecule has 0 aliphatic heterocycles. The van der Waals surface area contributed by atoms with E-state index in [0.717, 1.165) is 29.5 Å². The molecule has 2 aromatic carbocycles. The van der Waals surface area contributed by atoms with Crippen molar-refractivity contribution in [2.75, 3.05) is 14.2 Å².